The van der Waals surface area contributed by atoms with Gasteiger partial charge in [-0.2, -0.15) is 0 Å². The summed E-state index contributed by atoms with van der Waals surface area (Å²) in [6.07, 6.45) is 1.79. The maximum absolute atomic E-state index is 12.5. The predicted octanol–water partition coefficient (Wildman–Crippen LogP) is 3.43. The second kappa shape index (κ2) is 7.88. The molecule has 4 heteroatoms. The third-order valence-corrected chi connectivity index (χ3v) is 4.52. The van der Waals surface area contributed by atoms with Crippen LogP contribution in [0.3, 0.4) is 0 Å². The van der Waals surface area contributed by atoms with E-state index in [1.54, 1.807) is 0 Å². The summed E-state index contributed by atoms with van der Waals surface area (Å²) in [5, 5.41) is 0. The van der Waals surface area contributed by atoms with Crippen LogP contribution in [0.1, 0.15) is 30.4 Å². The average molecular weight is 335 g/mol. The van der Waals surface area contributed by atoms with Gasteiger partial charge in [-0.1, -0.05) is 60.7 Å². The molecule has 128 valence electrons. The van der Waals surface area contributed by atoms with Crippen molar-refractivity contribution in [1.29, 1.82) is 0 Å². The van der Waals surface area contributed by atoms with E-state index in [0.717, 1.165) is 16.8 Å². The van der Waals surface area contributed by atoms with Crippen LogP contribution < -0.4 is 0 Å². The Morgan fingerprint density at radius 1 is 1.00 bits per heavy atom. The molecule has 1 saturated carbocycles. The molecule has 0 aliphatic heterocycles. The maximum Gasteiger partial charge on any atom is 0.311 e. The molecule has 1 fully saturated rings. The largest absolute Gasteiger partial charge is 0.469 e. The number of methoxy groups -OCH3 is 1. The molecular weight excluding hydrogens is 314 g/mol. The Bertz CT molecular complexity index is 727. The van der Waals surface area contributed by atoms with Crippen LogP contribution in [-0.4, -0.2) is 30.6 Å². The highest BCUT2D eigenvalue weighted by Gasteiger charge is 2.37. The Kier molecular flexibility index (Phi) is 5.39. The zero-order valence-corrected chi connectivity index (χ0v) is 14.2. The van der Waals surface area contributed by atoms with Gasteiger partial charge >= 0.3 is 5.97 Å². The normalized spacial score (nSPS) is 20.0. The standard InChI is InChI=1S/C21H21NO3/c1-25-21(24)17-13-8-14-18(23)20(17)22-19(15-9-4-2-5-10-15)16-11-6-3-7-12-16/h2-7,9-12,17,20H,8,13-14H2,1H3/t17-,20?/m1/s1. The third-order valence-electron chi connectivity index (χ3n) is 4.52. The van der Waals surface area contributed by atoms with E-state index >= 15 is 0 Å². The van der Waals surface area contributed by atoms with Crippen molar-refractivity contribution in [3.8, 4) is 0 Å². The highest BCUT2D eigenvalue weighted by atomic mass is 16.5. The number of ketones is 1. The first-order valence-corrected chi connectivity index (χ1v) is 8.50. The smallest absolute Gasteiger partial charge is 0.311 e. The Balaban J connectivity index is 2.07. The lowest BCUT2D eigenvalue weighted by molar-refractivity contribution is -0.149. The zero-order chi connectivity index (χ0) is 17.6. The fourth-order valence-corrected chi connectivity index (χ4v) is 3.23. The Morgan fingerprint density at radius 2 is 1.56 bits per heavy atom. The molecule has 2 aromatic carbocycles. The molecule has 0 spiro atoms. The molecule has 0 amide bonds. The van der Waals surface area contributed by atoms with Gasteiger partial charge in [-0.25, -0.2) is 0 Å². The quantitative estimate of drug-likeness (QED) is 0.635. The summed E-state index contributed by atoms with van der Waals surface area (Å²) >= 11 is 0. The number of benzene rings is 2. The van der Waals surface area contributed by atoms with Gasteiger partial charge in [0.05, 0.1) is 18.7 Å². The van der Waals surface area contributed by atoms with Crippen LogP contribution in [0.2, 0.25) is 0 Å². The topological polar surface area (TPSA) is 55.7 Å². The Hall–Kier alpha value is -2.75. The molecule has 4 nitrogen and oxygen atoms in total. The monoisotopic (exact) mass is 335 g/mol. The van der Waals surface area contributed by atoms with E-state index < -0.39 is 12.0 Å². The van der Waals surface area contributed by atoms with Crippen molar-refractivity contribution in [2.24, 2.45) is 10.9 Å². The molecule has 25 heavy (non-hydrogen) atoms. The number of hydrogen-bond donors (Lipinski definition) is 0. The lowest BCUT2D eigenvalue weighted by Crippen LogP contribution is -2.38. The number of hydrogen-bond acceptors (Lipinski definition) is 4. The average Bonchev–Trinajstić information content (AvgIpc) is 2.67. The summed E-state index contributed by atoms with van der Waals surface area (Å²) in [5.41, 5.74) is 2.58. The predicted molar refractivity (Wildman–Crippen MR) is 96.7 cm³/mol. The van der Waals surface area contributed by atoms with E-state index in [1.165, 1.54) is 7.11 Å². The van der Waals surface area contributed by atoms with Gasteiger partial charge < -0.3 is 4.74 Å². The van der Waals surface area contributed by atoms with Crippen molar-refractivity contribution < 1.29 is 14.3 Å². The van der Waals surface area contributed by atoms with E-state index in [4.69, 9.17) is 9.73 Å². The number of esters is 1. The summed E-state index contributed by atoms with van der Waals surface area (Å²) in [4.78, 5) is 29.4. The molecule has 2 atom stereocenters. The summed E-state index contributed by atoms with van der Waals surface area (Å²) in [5.74, 6) is -0.859. The SMILES string of the molecule is COC(=O)[C@@H]1CCCC(=O)C1N=C(c1ccccc1)c1ccccc1. The summed E-state index contributed by atoms with van der Waals surface area (Å²) < 4.78 is 4.90. The molecule has 0 heterocycles. The van der Waals surface area contributed by atoms with Gasteiger partial charge in [0.1, 0.15) is 6.04 Å². The molecule has 1 aliphatic carbocycles. The summed E-state index contributed by atoms with van der Waals surface area (Å²) in [6, 6.07) is 18.8. The first kappa shape index (κ1) is 17.1. The van der Waals surface area contributed by atoms with Gasteiger partial charge in [-0.05, 0) is 12.8 Å². The molecule has 1 unspecified atom stereocenters. The van der Waals surface area contributed by atoms with Crippen LogP contribution in [-0.2, 0) is 14.3 Å². The minimum absolute atomic E-state index is 0.00557. The van der Waals surface area contributed by atoms with Crippen molar-refractivity contribution >= 4 is 17.5 Å². The Labute approximate surface area is 147 Å². The van der Waals surface area contributed by atoms with Crippen molar-refractivity contribution in [3.05, 3.63) is 71.8 Å². The molecular formula is C21H21NO3. The second-order valence-corrected chi connectivity index (χ2v) is 6.14. The second-order valence-electron chi connectivity index (χ2n) is 6.14. The number of carbonyl (C=O) groups excluding carboxylic acids is 2. The number of Topliss-reactive ketones (excluding diaryl/α,β-unsaturated/α-hetero) is 1. The van der Waals surface area contributed by atoms with Crippen molar-refractivity contribution in [1.82, 2.24) is 0 Å². The Morgan fingerprint density at radius 3 is 2.08 bits per heavy atom. The van der Waals surface area contributed by atoms with Crippen LogP contribution in [0, 0.1) is 5.92 Å². The lowest BCUT2D eigenvalue weighted by Gasteiger charge is -2.26. The number of carbonyl (C=O) groups is 2. The van der Waals surface area contributed by atoms with E-state index in [0.29, 0.717) is 19.3 Å². The fraction of sp³-hybridized carbons (Fsp3) is 0.286. The van der Waals surface area contributed by atoms with Crippen molar-refractivity contribution in [3.63, 3.8) is 0 Å². The highest BCUT2D eigenvalue weighted by Crippen LogP contribution is 2.27. The van der Waals surface area contributed by atoms with Crippen LogP contribution in [0.4, 0.5) is 0 Å². The highest BCUT2D eigenvalue weighted by molar-refractivity contribution is 6.14. The molecule has 1 aliphatic rings. The number of ether oxygens (including phenoxy) is 1. The molecule has 0 N–H and O–H groups in total. The van der Waals surface area contributed by atoms with Gasteiger partial charge in [0.15, 0.2) is 5.78 Å². The van der Waals surface area contributed by atoms with Gasteiger partial charge in [0, 0.05) is 17.5 Å². The van der Waals surface area contributed by atoms with E-state index in [9.17, 15) is 9.59 Å². The fourth-order valence-electron chi connectivity index (χ4n) is 3.23. The maximum atomic E-state index is 12.5. The number of rotatable bonds is 4. The van der Waals surface area contributed by atoms with Crippen LogP contribution >= 0.6 is 0 Å². The van der Waals surface area contributed by atoms with E-state index in [2.05, 4.69) is 0 Å². The van der Waals surface area contributed by atoms with Gasteiger partial charge in [-0.3, -0.25) is 14.6 Å². The molecule has 0 radical (unpaired) electrons. The molecule has 3 rings (SSSR count). The molecule has 0 bridgehead atoms. The molecule has 2 aromatic rings. The number of aliphatic imine (C=N–C) groups is 1. The molecule has 0 aromatic heterocycles. The van der Waals surface area contributed by atoms with Crippen molar-refractivity contribution in [2.45, 2.75) is 25.3 Å². The van der Waals surface area contributed by atoms with Gasteiger partial charge in [0.25, 0.3) is 0 Å². The van der Waals surface area contributed by atoms with E-state index in [1.807, 2.05) is 60.7 Å². The summed E-state index contributed by atoms with van der Waals surface area (Å²) in [7, 11) is 1.36. The third kappa shape index (κ3) is 3.85. The van der Waals surface area contributed by atoms with Gasteiger partial charge in [0.2, 0.25) is 0 Å². The summed E-state index contributed by atoms with van der Waals surface area (Å²) in [6.45, 7) is 0. The minimum atomic E-state index is -0.684. The molecule has 0 saturated heterocycles. The minimum Gasteiger partial charge on any atom is -0.469 e. The van der Waals surface area contributed by atoms with Crippen LogP contribution in [0.15, 0.2) is 65.7 Å². The van der Waals surface area contributed by atoms with E-state index in [-0.39, 0.29) is 11.8 Å². The first-order chi connectivity index (χ1) is 12.2. The van der Waals surface area contributed by atoms with Crippen molar-refractivity contribution in [2.75, 3.05) is 7.11 Å². The van der Waals surface area contributed by atoms with Crippen LogP contribution in [0.5, 0.6) is 0 Å². The van der Waals surface area contributed by atoms with Crippen LogP contribution in [0.25, 0.3) is 0 Å². The lowest BCUT2D eigenvalue weighted by atomic mass is 9.83. The number of nitrogens with zero attached hydrogens (tertiary/aromatic N) is 1. The van der Waals surface area contributed by atoms with Gasteiger partial charge in [-0.15, -0.1) is 0 Å². The zero-order valence-electron chi connectivity index (χ0n) is 14.2. The first-order valence-electron chi connectivity index (χ1n) is 8.50.